The van der Waals surface area contributed by atoms with E-state index < -0.39 is 0 Å². The summed E-state index contributed by atoms with van der Waals surface area (Å²) in [5.74, 6) is 0. The van der Waals surface area contributed by atoms with Crippen LogP contribution < -0.4 is 26.2 Å². The molecule has 0 fully saturated rings. The van der Waals surface area contributed by atoms with Crippen molar-refractivity contribution in [2.75, 3.05) is 37.2 Å². The molecule has 0 N–H and O–H groups in total. The molecule has 33 heavy (non-hydrogen) atoms. The first-order chi connectivity index (χ1) is 16.1. The van der Waals surface area contributed by atoms with E-state index in [1.807, 2.05) is 23.5 Å². The zero-order valence-electron chi connectivity index (χ0n) is 18.6. The third-order valence-corrected chi connectivity index (χ3v) is 9.11. The number of hydrogen-bond acceptors (Lipinski definition) is 6. The first kappa shape index (κ1) is 19.6. The predicted octanol–water partition coefficient (Wildman–Crippen LogP) is 3.49. The van der Waals surface area contributed by atoms with Crippen LogP contribution in [0.4, 0.5) is 11.4 Å². The second kappa shape index (κ2) is 7.30. The highest BCUT2D eigenvalue weighted by atomic mass is 32.2. The van der Waals surface area contributed by atoms with Crippen LogP contribution in [0.1, 0.15) is 0 Å². The van der Waals surface area contributed by atoms with Gasteiger partial charge in [0.1, 0.15) is 0 Å². The van der Waals surface area contributed by atoms with E-state index in [0.29, 0.717) is 0 Å². The molecule has 4 aliphatic rings. The number of rotatable bonds is 2. The lowest BCUT2D eigenvalue weighted by Crippen LogP contribution is -2.58. The third kappa shape index (κ3) is 3.10. The van der Waals surface area contributed by atoms with Crippen molar-refractivity contribution in [2.45, 2.75) is 19.6 Å². The molecule has 0 aromatic heterocycles. The molecule has 0 radical (unpaired) electrons. The van der Waals surface area contributed by atoms with Crippen molar-refractivity contribution in [3.63, 3.8) is 0 Å². The zero-order chi connectivity index (χ0) is 22.1. The van der Waals surface area contributed by atoms with E-state index in [1.165, 1.54) is 47.3 Å². The Morgan fingerprint density at radius 3 is 1.61 bits per heavy atom. The van der Waals surface area contributed by atoms with Crippen molar-refractivity contribution in [1.29, 1.82) is 0 Å². The van der Waals surface area contributed by atoms with E-state index in [4.69, 9.17) is 0 Å². The summed E-state index contributed by atoms with van der Waals surface area (Å²) >= 11 is 3.83. The number of benzene rings is 3. The monoisotopic (exact) mass is 466 g/mol. The van der Waals surface area contributed by atoms with Gasteiger partial charge in [0.25, 0.3) is 0 Å². The minimum absolute atomic E-state index is 0.261. The lowest BCUT2D eigenvalue weighted by molar-refractivity contribution is 0.496. The average molecular weight is 466 g/mol. The molecule has 0 spiro atoms. The SMILES string of the molecule is CN1C=CN(c2ccc3c(c2)B2c4cc(N5C=CN(C)C5)ccc4Sc4cccc(c42)S3)C1. The Kier molecular flexibility index (Phi) is 4.33. The minimum Gasteiger partial charge on any atom is -0.361 e. The van der Waals surface area contributed by atoms with Crippen molar-refractivity contribution in [3.8, 4) is 0 Å². The van der Waals surface area contributed by atoms with Gasteiger partial charge in [0.05, 0.1) is 13.3 Å². The van der Waals surface area contributed by atoms with Crippen molar-refractivity contribution in [3.05, 3.63) is 79.4 Å². The summed E-state index contributed by atoms with van der Waals surface area (Å²) in [6, 6.07) is 20.8. The maximum absolute atomic E-state index is 2.42. The van der Waals surface area contributed by atoms with E-state index in [-0.39, 0.29) is 6.71 Å². The Hall–Kier alpha value is -2.90. The van der Waals surface area contributed by atoms with Gasteiger partial charge in [-0.05, 0) is 54.0 Å². The van der Waals surface area contributed by atoms with E-state index in [2.05, 4.69) is 113 Å². The van der Waals surface area contributed by atoms with Gasteiger partial charge in [-0.15, -0.1) is 0 Å². The number of hydrogen-bond donors (Lipinski definition) is 0. The van der Waals surface area contributed by atoms with Crippen molar-refractivity contribution in [1.82, 2.24) is 9.80 Å². The number of nitrogens with zero attached hydrogens (tertiary/aromatic N) is 4. The van der Waals surface area contributed by atoms with E-state index in [0.717, 1.165) is 13.3 Å². The van der Waals surface area contributed by atoms with Crippen LogP contribution in [0.25, 0.3) is 0 Å². The first-order valence-corrected chi connectivity index (χ1v) is 12.8. The molecule has 0 unspecified atom stereocenters. The summed E-state index contributed by atoms with van der Waals surface area (Å²) < 4.78 is 0. The Morgan fingerprint density at radius 2 is 1.15 bits per heavy atom. The van der Waals surface area contributed by atoms with Crippen LogP contribution in [0.3, 0.4) is 0 Å². The maximum Gasteiger partial charge on any atom is 0.247 e. The molecule has 0 aliphatic carbocycles. The average Bonchev–Trinajstić information content (AvgIpc) is 3.46. The summed E-state index contributed by atoms with van der Waals surface area (Å²) in [4.78, 5) is 14.6. The summed E-state index contributed by atoms with van der Waals surface area (Å²) in [6.07, 6.45) is 8.63. The molecule has 162 valence electrons. The molecule has 3 aromatic rings. The fourth-order valence-electron chi connectivity index (χ4n) is 5.16. The van der Waals surface area contributed by atoms with Gasteiger partial charge in [-0.25, -0.2) is 0 Å². The quantitative estimate of drug-likeness (QED) is 0.367. The van der Waals surface area contributed by atoms with Gasteiger partial charge in [-0.1, -0.05) is 40.5 Å². The molecule has 0 amide bonds. The molecule has 7 heteroatoms. The Labute approximate surface area is 203 Å². The van der Waals surface area contributed by atoms with Gasteiger partial charge < -0.3 is 19.6 Å². The van der Waals surface area contributed by atoms with Crippen LogP contribution in [-0.2, 0) is 0 Å². The summed E-state index contributed by atoms with van der Waals surface area (Å²) in [5, 5.41) is 0. The lowest BCUT2D eigenvalue weighted by atomic mass is 9.36. The molecule has 0 saturated carbocycles. The molecule has 0 saturated heterocycles. The smallest absolute Gasteiger partial charge is 0.247 e. The van der Waals surface area contributed by atoms with Gasteiger partial charge in [-0.2, -0.15) is 0 Å². The molecule has 4 heterocycles. The molecular formula is C26H23BN4S2. The fraction of sp³-hybridized carbons (Fsp3) is 0.154. The topological polar surface area (TPSA) is 13.0 Å². The van der Waals surface area contributed by atoms with E-state index >= 15 is 0 Å². The number of fused-ring (bicyclic) bond motifs is 4. The first-order valence-electron chi connectivity index (χ1n) is 11.2. The summed E-state index contributed by atoms with van der Waals surface area (Å²) in [7, 11) is 4.24. The van der Waals surface area contributed by atoms with Gasteiger partial charge in [0, 0.05) is 69.9 Å². The highest BCUT2D eigenvalue weighted by Gasteiger charge is 2.38. The lowest BCUT2D eigenvalue weighted by Gasteiger charge is -2.34. The molecule has 4 aliphatic heterocycles. The van der Waals surface area contributed by atoms with Crippen LogP contribution >= 0.6 is 23.5 Å². The van der Waals surface area contributed by atoms with Gasteiger partial charge in [0.2, 0.25) is 6.71 Å². The Morgan fingerprint density at radius 1 is 0.636 bits per heavy atom. The van der Waals surface area contributed by atoms with Crippen molar-refractivity contribution in [2.24, 2.45) is 0 Å². The highest BCUT2D eigenvalue weighted by Crippen LogP contribution is 2.39. The normalized spacial score (nSPS) is 17.6. The zero-order valence-corrected chi connectivity index (χ0v) is 20.2. The fourth-order valence-corrected chi connectivity index (χ4v) is 7.53. The molecule has 3 aromatic carbocycles. The molecular weight excluding hydrogens is 443 g/mol. The van der Waals surface area contributed by atoms with Crippen LogP contribution in [0.2, 0.25) is 0 Å². The number of anilines is 2. The van der Waals surface area contributed by atoms with E-state index in [1.54, 1.807) is 0 Å². The Balaban J connectivity index is 1.39. The largest absolute Gasteiger partial charge is 0.361 e. The van der Waals surface area contributed by atoms with Crippen LogP contribution in [-0.4, -0.2) is 43.9 Å². The molecule has 4 nitrogen and oxygen atoms in total. The van der Waals surface area contributed by atoms with Gasteiger partial charge >= 0.3 is 0 Å². The van der Waals surface area contributed by atoms with Gasteiger partial charge in [0.15, 0.2) is 0 Å². The van der Waals surface area contributed by atoms with E-state index in [9.17, 15) is 0 Å². The second-order valence-electron chi connectivity index (χ2n) is 9.08. The summed E-state index contributed by atoms with van der Waals surface area (Å²) in [5.41, 5.74) is 6.85. The standard InChI is InChI=1S/C26H23BN4S2/c1-28-10-12-30(16-28)18-6-8-22-20(14-18)27-21-15-19(31-13-11-29(2)17-31)7-9-23(21)33-25-5-3-4-24(32-22)26(25)27/h3-15H,16-17H2,1-2H3. The van der Waals surface area contributed by atoms with Gasteiger partial charge in [-0.3, -0.25) is 0 Å². The highest BCUT2D eigenvalue weighted by molar-refractivity contribution is 8.01. The molecule has 7 rings (SSSR count). The van der Waals surface area contributed by atoms with Crippen molar-refractivity contribution >= 4 is 58.0 Å². The minimum atomic E-state index is 0.261. The van der Waals surface area contributed by atoms with Crippen LogP contribution in [0.5, 0.6) is 0 Å². The Bertz CT molecular complexity index is 1260. The molecule has 0 bridgehead atoms. The van der Waals surface area contributed by atoms with Crippen LogP contribution in [0.15, 0.2) is 99.0 Å². The second-order valence-corrected chi connectivity index (χ2v) is 11.2. The van der Waals surface area contributed by atoms with Crippen LogP contribution in [0, 0.1) is 0 Å². The molecule has 0 atom stereocenters. The van der Waals surface area contributed by atoms with Crippen molar-refractivity contribution < 1.29 is 0 Å². The maximum atomic E-state index is 2.42. The third-order valence-electron chi connectivity index (χ3n) is 6.78. The predicted molar refractivity (Wildman–Crippen MR) is 141 cm³/mol. The summed E-state index contributed by atoms with van der Waals surface area (Å²) in [6.45, 7) is 2.05.